The fraction of sp³-hybridized carbons (Fsp3) is 0.0952. The molecule has 7 nitrogen and oxygen atoms in total. The molecule has 30 heavy (non-hydrogen) atoms. The molecule has 0 spiro atoms. The highest BCUT2D eigenvalue weighted by molar-refractivity contribution is 9.10. The first-order valence-corrected chi connectivity index (χ1v) is 9.93. The molecule has 2 aromatic carbocycles. The van der Waals surface area contributed by atoms with Gasteiger partial charge >= 0.3 is 5.97 Å². The van der Waals surface area contributed by atoms with Crippen molar-refractivity contribution in [3.63, 3.8) is 0 Å². The SMILES string of the molecule is COC(=O)c1cc(-c2ccc(/C=N\NC(=O)CNc3ccc(Br)cc3)o2)ccc1Cl. The van der Waals surface area contributed by atoms with Gasteiger partial charge in [-0.15, -0.1) is 0 Å². The third kappa shape index (κ3) is 5.71. The Kier molecular flexibility index (Phi) is 7.26. The predicted molar refractivity (Wildman–Crippen MR) is 119 cm³/mol. The van der Waals surface area contributed by atoms with E-state index in [1.165, 1.54) is 13.3 Å². The van der Waals surface area contributed by atoms with E-state index in [2.05, 4.69) is 31.8 Å². The highest BCUT2D eigenvalue weighted by Gasteiger charge is 2.13. The van der Waals surface area contributed by atoms with Gasteiger partial charge in [-0.3, -0.25) is 4.79 Å². The van der Waals surface area contributed by atoms with Crippen LogP contribution in [0, 0.1) is 0 Å². The maximum Gasteiger partial charge on any atom is 0.339 e. The summed E-state index contributed by atoms with van der Waals surface area (Å²) in [5, 5.41) is 7.17. The zero-order valence-electron chi connectivity index (χ0n) is 15.8. The molecule has 0 aliphatic rings. The molecule has 0 aliphatic heterocycles. The highest BCUT2D eigenvalue weighted by atomic mass is 79.9. The van der Waals surface area contributed by atoms with Gasteiger partial charge in [0.15, 0.2) is 0 Å². The van der Waals surface area contributed by atoms with Crippen molar-refractivity contribution in [2.45, 2.75) is 0 Å². The molecule has 0 fully saturated rings. The van der Waals surface area contributed by atoms with E-state index < -0.39 is 5.97 Å². The average Bonchev–Trinajstić information content (AvgIpc) is 3.22. The smallest absolute Gasteiger partial charge is 0.339 e. The second-order valence-corrected chi connectivity index (χ2v) is 7.36. The number of halogens is 2. The van der Waals surface area contributed by atoms with Gasteiger partial charge < -0.3 is 14.5 Å². The molecule has 3 rings (SSSR count). The number of esters is 1. The van der Waals surface area contributed by atoms with E-state index in [9.17, 15) is 9.59 Å². The van der Waals surface area contributed by atoms with Gasteiger partial charge in [0.1, 0.15) is 11.5 Å². The van der Waals surface area contributed by atoms with Crippen LogP contribution < -0.4 is 10.7 Å². The van der Waals surface area contributed by atoms with Crippen molar-refractivity contribution >= 4 is 51.3 Å². The summed E-state index contributed by atoms with van der Waals surface area (Å²) < 4.78 is 11.4. The van der Waals surface area contributed by atoms with Crippen LogP contribution in [0.5, 0.6) is 0 Å². The fourth-order valence-electron chi connectivity index (χ4n) is 2.48. The molecule has 0 saturated heterocycles. The number of benzene rings is 2. The lowest BCUT2D eigenvalue weighted by Crippen LogP contribution is -2.25. The Morgan fingerprint density at radius 2 is 1.93 bits per heavy atom. The quantitative estimate of drug-likeness (QED) is 0.284. The van der Waals surface area contributed by atoms with Gasteiger partial charge in [0, 0.05) is 15.7 Å². The summed E-state index contributed by atoms with van der Waals surface area (Å²) in [6, 6.07) is 15.8. The third-order valence-corrected chi connectivity index (χ3v) is 4.82. The largest absolute Gasteiger partial charge is 0.465 e. The average molecular weight is 491 g/mol. The minimum absolute atomic E-state index is 0.0729. The summed E-state index contributed by atoms with van der Waals surface area (Å²) >= 11 is 9.39. The number of hydrazone groups is 1. The topological polar surface area (TPSA) is 92.9 Å². The Hall–Kier alpha value is -3.10. The summed E-state index contributed by atoms with van der Waals surface area (Å²) in [6.45, 7) is 0.0729. The number of nitrogens with zero attached hydrogens (tertiary/aromatic N) is 1. The van der Waals surface area contributed by atoms with Gasteiger partial charge in [-0.2, -0.15) is 5.10 Å². The van der Waals surface area contributed by atoms with Crippen molar-refractivity contribution in [3.8, 4) is 11.3 Å². The molecule has 0 unspecified atom stereocenters. The number of anilines is 1. The summed E-state index contributed by atoms with van der Waals surface area (Å²) in [5.41, 5.74) is 4.14. The van der Waals surface area contributed by atoms with Gasteiger partial charge in [0.2, 0.25) is 0 Å². The van der Waals surface area contributed by atoms with E-state index in [1.807, 2.05) is 24.3 Å². The van der Waals surface area contributed by atoms with Crippen molar-refractivity contribution in [2.24, 2.45) is 5.10 Å². The molecule has 3 aromatic rings. The predicted octanol–water partition coefficient (Wildman–Crippen LogP) is 4.71. The normalized spacial score (nSPS) is 10.8. The number of carbonyl (C=O) groups excluding carboxylic acids is 2. The van der Waals surface area contributed by atoms with Gasteiger partial charge in [-0.1, -0.05) is 27.5 Å². The van der Waals surface area contributed by atoms with Crippen LogP contribution >= 0.6 is 27.5 Å². The molecule has 1 aromatic heterocycles. The molecular formula is C21H17BrClN3O4. The number of furan rings is 1. The molecule has 9 heteroatoms. The number of carbonyl (C=O) groups is 2. The molecule has 0 saturated carbocycles. The standard InChI is InChI=1S/C21H17BrClN3O4/c1-29-21(28)17-10-13(2-8-18(17)23)19-9-7-16(30-19)11-25-26-20(27)12-24-15-5-3-14(22)4-6-15/h2-11,24H,12H2,1H3,(H,26,27)/b25-11-. The fourth-order valence-corrected chi connectivity index (χ4v) is 2.94. The Balaban J connectivity index is 1.57. The van der Waals surface area contributed by atoms with Crippen LogP contribution in [0.25, 0.3) is 11.3 Å². The molecule has 154 valence electrons. The minimum Gasteiger partial charge on any atom is -0.465 e. The Bertz CT molecular complexity index is 1080. The Morgan fingerprint density at radius 1 is 1.17 bits per heavy atom. The number of ether oxygens (including phenoxy) is 1. The van der Waals surface area contributed by atoms with Crippen molar-refractivity contribution in [3.05, 3.63) is 75.4 Å². The third-order valence-electron chi connectivity index (χ3n) is 3.96. The van der Waals surface area contributed by atoms with Crippen LogP contribution in [0.1, 0.15) is 16.1 Å². The van der Waals surface area contributed by atoms with Crippen molar-refractivity contribution < 1.29 is 18.7 Å². The van der Waals surface area contributed by atoms with Crippen LogP contribution in [0.3, 0.4) is 0 Å². The lowest BCUT2D eigenvalue weighted by Gasteiger charge is -2.05. The van der Waals surface area contributed by atoms with Crippen LogP contribution in [0.4, 0.5) is 5.69 Å². The Morgan fingerprint density at radius 3 is 2.67 bits per heavy atom. The Labute approximate surface area is 186 Å². The maximum atomic E-state index is 11.9. The van der Waals surface area contributed by atoms with Gasteiger partial charge in [-0.05, 0) is 54.6 Å². The first-order chi connectivity index (χ1) is 14.5. The maximum absolute atomic E-state index is 11.9. The summed E-state index contributed by atoms with van der Waals surface area (Å²) in [4.78, 5) is 23.7. The van der Waals surface area contributed by atoms with E-state index >= 15 is 0 Å². The molecule has 0 bridgehead atoms. The van der Waals surface area contributed by atoms with Crippen LogP contribution in [-0.4, -0.2) is 31.7 Å². The molecule has 0 radical (unpaired) electrons. The van der Waals surface area contributed by atoms with E-state index in [-0.39, 0.29) is 18.0 Å². The second-order valence-electron chi connectivity index (χ2n) is 6.04. The molecule has 0 atom stereocenters. The van der Waals surface area contributed by atoms with Gasteiger partial charge in [0.05, 0.1) is 30.5 Å². The van der Waals surface area contributed by atoms with Crippen molar-refractivity contribution in [1.29, 1.82) is 0 Å². The molecule has 1 heterocycles. The van der Waals surface area contributed by atoms with Crippen molar-refractivity contribution in [1.82, 2.24) is 5.43 Å². The molecular weight excluding hydrogens is 474 g/mol. The first-order valence-electron chi connectivity index (χ1n) is 8.75. The molecule has 0 aliphatic carbocycles. The van der Waals surface area contributed by atoms with E-state index in [0.717, 1.165) is 10.2 Å². The zero-order valence-corrected chi connectivity index (χ0v) is 18.2. The monoisotopic (exact) mass is 489 g/mol. The summed E-state index contributed by atoms with van der Waals surface area (Å²) in [7, 11) is 1.29. The van der Waals surface area contributed by atoms with Gasteiger partial charge in [0.25, 0.3) is 5.91 Å². The number of methoxy groups -OCH3 is 1. The number of nitrogens with one attached hydrogen (secondary N) is 2. The van der Waals surface area contributed by atoms with Crippen LogP contribution in [-0.2, 0) is 9.53 Å². The lowest BCUT2D eigenvalue weighted by atomic mass is 10.1. The second kappa shape index (κ2) is 10.1. The summed E-state index contributed by atoms with van der Waals surface area (Å²) in [5.74, 6) is 0.109. The van der Waals surface area contributed by atoms with E-state index in [0.29, 0.717) is 22.1 Å². The lowest BCUT2D eigenvalue weighted by molar-refractivity contribution is -0.119. The van der Waals surface area contributed by atoms with Crippen molar-refractivity contribution in [2.75, 3.05) is 19.0 Å². The van der Waals surface area contributed by atoms with Crippen LogP contribution in [0.2, 0.25) is 5.02 Å². The number of amides is 1. The number of hydrogen-bond donors (Lipinski definition) is 2. The number of rotatable bonds is 7. The van der Waals surface area contributed by atoms with Crippen LogP contribution in [0.15, 0.2) is 68.6 Å². The number of hydrogen-bond acceptors (Lipinski definition) is 6. The minimum atomic E-state index is -0.533. The molecule has 1 amide bonds. The van der Waals surface area contributed by atoms with E-state index in [1.54, 1.807) is 30.3 Å². The van der Waals surface area contributed by atoms with Gasteiger partial charge in [-0.25, -0.2) is 10.2 Å². The van der Waals surface area contributed by atoms with E-state index in [4.69, 9.17) is 20.8 Å². The first kappa shape index (κ1) is 21.6. The highest BCUT2D eigenvalue weighted by Crippen LogP contribution is 2.27. The molecule has 2 N–H and O–H groups in total. The summed E-state index contributed by atoms with van der Waals surface area (Å²) in [6.07, 6.45) is 1.39. The zero-order chi connectivity index (χ0) is 21.5.